The van der Waals surface area contributed by atoms with Crippen molar-refractivity contribution >= 4 is 23.4 Å². The third-order valence-electron chi connectivity index (χ3n) is 3.18. The maximum atomic E-state index is 10.3. The van der Waals surface area contributed by atoms with E-state index in [4.69, 9.17) is 11.6 Å². The first-order chi connectivity index (χ1) is 10.7. The van der Waals surface area contributed by atoms with Crippen LogP contribution < -0.4 is 0 Å². The molecule has 0 aliphatic heterocycles. The van der Waals surface area contributed by atoms with Crippen molar-refractivity contribution in [3.63, 3.8) is 0 Å². The maximum Gasteiger partial charge on any atom is 0.195 e. The molecule has 1 N–H and O–H groups in total. The van der Waals surface area contributed by atoms with Gasteiger partial charge in [-0.05, 0) is 29.8 Å². The van der Waals surface area contributed by atoms with Gasteiger partial charge in [0.25, 0.3) is 0 Å². The van der Waals surface area contributed by atoms with Crippen LogP contribution in [0.5, 0.6) is 0 Å². The van der Waals surface area contributed by atoms with Gasteiger partial charge in [0.2, 0.25) is 0 Å². The van der Waals surface area contributed by atoms with Crippen LogP contribution in [-0.2, 0) is 0 Å². The fraction of sp³-hybridized carbons (Fsp3) is 0.125. The van der Waals surface area contributed by atoms with Crippen molar-refractivity contribution in [2.24, 2.45) is 0 Å². The van der Waals surface area contributed by atoms with Crippen LogP contribution in [0.15, 0.2) is 66.1 Å². The molecule has 112 valence electrons. The predicted octanol–water partition coefficient (Wildman–Crippen LogP) is 3.75. The molecule has 0 amide bonds. The largest absolute Gasteiger partial charge is 0.388 e. The molecule has 1 unspecified atom stereocenters. The highest BCUT2D eigenvalue weighted by Gasteiger charge is 2.12. The van der Waals surface area contributed by atoms with Gasteiger partial charge in [0, 0.05) is 16.5 Å². The van der Waals surface area contributed by atoms with Gasteiger partial charge in [-0.15, -0.1) is 10.2 Å². The molecule has 0 aliphatic carbocycles. The summed E-state index contributed by atoms with van der Waals surface area (Å²) in [6, 6.07) is 17.1. The van der Waals surface area contributed by atoms with Crippen LogP contribution in [0.3, 0.4) is 0 Å². The van der Waals surface area contributed by atoms with Crippen LogP contribution in [0.1, 0.15) is 11.7 Å². The molecular formula is C16H14ClN3OS. The van der Waals surface area contributed by atoms with Crippen molar-refractivity contribution in [1.29, 1.82) is 0 Å². The molecule has 0 fully saturated rings. The second kappa shape index (κ2) is 6.96. The molecular weight excluding hydrogens is 318 g/mol. The minimum absolute atomic E-state index is 0.493. The average molecular weight is 332 g/mol. The van der Waals surface area contributed by atoms with Gasteiger partial charge in [0.15, 0.2) is 5.16 Å². The van der Waals surface area contributed by atoms with E-state index in [9.17, 15) is 5.11 Å². The van der Waals surface area contributed by atoms with Crippen molar-refractivity contribution in [2.45, 2.75) is 11.3 Å². The van der Waals surface area contributed by atoms with Crippen LogP contribution >= 0.6 is 23.4 Å². The standard InChI is InChI=1S/C16H14ClN3OS/c17-13-8-6-12(7-9-13)15(21)10-22-16-19-18-11-20(16)14-4-2-1-3-5-14/h1-9,11,15,21H,10H2. The number of rotatable bonds is 5. The van der Waals surface area contributed by atoms with E-state index in [2.05, 4.69) is 10.2 Å². The van der Waals surface area contributed by atoms with E-state index in [0.29, 0.717) is 10.8 Å². The van der Waals surface area contributed by atoms with Gasteiger partial charge in [0.05, 0.1) is 6.10 Å². The number of aliphatic hydroxyl groups excluding tert-OH is 1. The summed E-state index contributed by atoms with van der Waals surface area (Å²) < 4.78 is 1.90. The zero-order valence-electron chi connectivity index (χ0n) is 11.6. The number of halogens is 1. The second-order valence-electron chi connectivity index (χ2n) is 4.70. The highest BCUT2D eigenvalue weighted by atomic mass is 35.5. The molecule has 2 aromatic carbocycles. The minimum atomic E-state index is -0.580. The summed E-state index contributed by atoms with van der Waals surface area (Å²) in [7, 11) is 0. The Kier molecular flexibility index (Phi) is 4.77. The topological polar surface area (TPSA) is 50.9 Å². The fourth-order valence-corrected chi connectivity index (χ4v) is 3.05. The normalized spacial score (nSPS) is 12.3. The second-order valence-corrected chi connectivity index (χ2v) is 6.12. The average Bonchev–Trinajstić information content (AvgIpc) is 3.02. The Morgan fingerprint density at radius 1 is 1.09 bits per heavy atom. The van der Waals surface area contributed by atoms with Crippen molar-refractivity contribution < 1.29 is 5.11 Å². The van der Waals surface area contributed by atoms with E-state index in [1.165, 1.54) is 11.8 Å². The Hall–Kier alpha value is -1.82. The Bertz CT molecular complexity index is 731. The highest BCUT2D eigenvalue weighted by Crippen LogP contribution is 2.25. The molecule has 0 radical (unpaired) electrons. The molecule has 0 saturated carbocycles. The summed E-state index contributed by atoms with van der Waals surface area (Å²) in [6.45, 7) is 0. The lowest BCUT2D eigenvalue weighted by Gasteiger charge is -2.11. The Balaban J connectivity index is 1.70. The summed E-state index contributed by atoms with van der Waals surface area (Å²) in [5.41, 5.74) is 1.83. The van der Waals surface area contributed by atoms with E-state index in [0.717, 1.165) is 16.4 Å². The molecule has 1 aromatic heterocycles. The lowest BCUT2D eigenvalue weighted by Crippen LogP contribution is -2.02. The first-order valence-corrected chi connectivity index (χ1v) is 8.12. The number of aliphatic hydroxyl groups is 1. The summed E-state index contributed by atoms with van der Waals surface area (Å²) >= 11 is 7.32. The van der Waals surface area contributed by atoms with Gasteiger partial charge in [-0.3, -0.25) is 4.57 Å². The predicted molar refractivity (Wildman–Crippen MR) is 88.5 cm³/mol. The number of hydrogen-bond donors (Lipinski definition) is 1. The lowest BCUT2D eigenvalue weighted by molar-refractivity contribution is 0.204. The molecule has 0 spiro atoms. The van der Waals surface area contributed by atoms with Crippen LogP contribution in [0.2, 0.25) is 5.02 Å². The van der Waals surface area contributed by atoms with Crippen LogP contribution in [-0.4, -0.2) is 25.6 Å². The van der Waals surface area contributed by atoms with Crippen molar-refractivity contribution in [1.82, 2.24) is 14.8 Å². The highest BCUT2D eigenvalue weighted by molar-refractivity contribution is 7.99. The third-order valence-corrected chi connectivity index (χ3v) is 4.45. The van der Waals surface area contributed by atoms with Crippen LogP contribution in [0.4, 0.5) is 0 Å². The molecule has 6 heteroatoms. The summed E-state index contributed by atoms with van der Waals surface area (Å²) in [5.74, 6) is 0.493. The smallest absolute Gasteiger partial charge is 0.195 e. The molecule has 0 bridgehead atoms. The van der Waals surface area contributed by atoms with Gasteiger partial charge in [-0.2, -0.15) is 0 Å². The van der Waals surface area contributed by atoms with Gasteiger partial charge in [0.1, 0.15) is 6.33 Å². The molecule has 3 aromatic rings. The van der Waals surface area contributed by atoms with Crippen molar-refractivity contribution in [3.8, 4) is 5.69 Å². The summed E-state index contributed by atoms with van der Waals surface area (Å²) in [6.07, 6.45) is 1.09. The van der Waals surface area contributed by atoms with E-state index in [-0.39, 0.29) is 0 Å². The van der Waals surface area contributed by atoms with Gasteiger partial charge < -0.3 is 5.11 Å². The van der Waals surface area contributed by atoms with E-state index in [1.54, 1.807) is 18.5 Å². The van der Waals surface area contributed by atoms with Crippen LogP contribution in [0, 0.1) is 0 Å². The monoisotopic (exact) mass is 331 g/mol. The van der Waals surface area contributed by atoms with Crippen molar-refractivity contribution in [2.75, 3.05) is 5.75 Å². The van der Waals surface area contributed by atoms with Gasteiger partial charge in [-0.1, -0.05) is 53.7 Å². The maximum absolute atomic E-state index is 10.3. The van der Waals surface area contributed by atoms with E-state index < -0.39 is 6.10 Å². The molecule has 4 nitrogen and oxygen atoms in total. The number of benzene rings is 2. The van der Waals surface area contributed by atoms with Gasteiger partial charge in [-0.25, -0.2) is 0 Å². The Labute approximate surface area is 137 Å². The summed E-state index contributed by atoms with van der Waals surface area (Å²) in [4.78, 5) is 0. The van der Waals surface area contributed by atoms with Crippen LogP contribution in [0.25, 0.3) is 5.69 Å². The number of aromatic nitrogens is 3. The Morgan fingerprint density at radius 3 is 2.55 bits per heavy atom. The van der Waals surface area contributed by atoms with E-state index >= 15 is 0 Å². The van der Waals surface area contributed by atoms with Gasteiger partial charge >= 0.3 is 0 Å². The first kappa shape index (κ1) is 15.1. The number of thioether (sulfide) groups is 1. The Morgan fingerprint density at radius 2 is 1.82 bits per heavy atom. The van der Waals surface area contributed by atoms with E-state index in [1.807, 2.05) is 47.0 Å². The summed E-state index contributed by atoms with van der Waals surface area (Å²) in [5, 5.41) is 19.7. The zero-order chi connectivity index (χ0) is 15.4. The molecule has 1 atom stereocenters. The minimum Gasteiger partial charge on any atom is -0.388 e. The zero-order valence-corrected chi connectivity index (χ0v) is 13.2. The molecule has 22 heavy (non-hydrogen) atoms. The molecule has 3 rings (SSSR count). The number of hydrogen-bond acceptors (Lipinski definition) is 4. The molecule has 1 heterocycles. The number of nitrogens with zero attached hydrogens (tertiary/aromatic N) is 3. The molecule has 0 aliphatic rings. The fourth-order valence-electron chi connectivity index (χ4n) is 2.02. The first-order valence-electron chi connectivity index (χ1n) is 6.76. The molecule has 0 saturated heterocycles. The van der Waals surface area contributed by atoms with Crippen molar-refractivity contribution in [3.05, 3.63) is 71.5 Å². The lowest BCUT2D eigenvalue weighted by atomic mass is 10.1. The SMILES string of the molecule is OC(CSc1nncn1-c1ccccc1)c1ccc(Cl)cc1. The number of para-hydroxylation sites is 1. The quantitative estimate of drug-likeness (QED) is 0.723. The third kappa shape index (κ3) is 3.50.